The lowest BCUT2D eigenvalue weighted by molar-refractivity contribution is -0.116. The van der Waals surface area contributed by atoms with E-state index in [1.54, 1.807) is 0 Å². The molecule has 0 unspecified atom stereocenters. The molecule has 3 N–H and O–H groups in total. The molecule has 5 heteroatoms. The third kappa shape index (κ3) is 12.5. The highest BCUT2D eigenvalue weighted by molar-refractivity contribution is 5.95. The highest BCUT2D eigenvalue weighted by Gasteiger charge is 2.11. The van der Waals surface area contributed by atoms with E-state index >= 15 is 0 Å². The molecule has 1 rings (SSSR count). The summed E-state index contributed by atoms with van der Waals surface area (Å²) in [7, 11) is 0. The van der Waals surface area contributed by atoms with Crippen LogP contribution in [-0.2, 0) is 4.79 Å². The summed E-state index contributed by atoms with van der Waals surface area (Å²) in [4.78, 5) is 23.0. The number of unbranched alkanes of at least 4 members (excludes halogenated alkanes) is 11. The summed E-state index contributed by atoms with van der Waals surface area (Å²) in [6.07, 6.45) is 16.9. The van der Waals surface area contributed by atoms with E-state index in [2.05, 4.69) is 19.2 Å². The lowest BCUT2D eigenvalue weighted by atomic mass is 10.0. The van der Waals surface area contributed by atoms with Crippen LogP contribution < -0.4 is 5.32 Å². The zero-order chi connectivity index (χ0) is 22.2. The van der Waals surface area contributed by atoms with Gasteiger partial charge in [-0.2, -0.15) is 0 Å². The van der Waals surface area contributed by atoms with Gasteiger partial charge >= 0.3 is 5.97 Å². The summed E-state index contributed by atoms with van der Waals surface area (Å²) in [5.41, 5.74) is 0.189. The lowest BCUT2D eigenvalue weighted by Crippen LogP contribution is -2.11. The fraction of sp³-hybridized carbons (Fsp3) is 0.680. The van der Waals surface area contributed by atoms with Crippen molar-refractivity contribution in [3.63, 3.8) is 0 Å². The van der Waals surface area contributed by atoms with Crippen LogP contribution in [0.15, 0.2) is 18.2 Å². The molecular formula is C25H41NO4. The molecule has 0 fully saturated rings. The molecule has 170 valence electrons. The molecule has 5 nitrogen and oxygen atoms in total. The van der Waals surface area contributed by atoms with E-state index in [1.807, 2.05) is 0 Å². The van der Waals surface area contributed by atoms with Crippen molar-refractivity contribution >= 4 is 17.6 Å². The van der Waals surface area contributed by atoms with Gasteiger partial charge in [0.1, 0.15) is 11.3 Å². The Balaban J connectivity index is 1.96. The molecule has 0 saturated carbocycles. The molecule has 0 aliphatic rings. The number of benzene rings is 1. The molecule has 0 heterocycles. The summed E-state index contributed by atoms with van der Waals surface area (Å²) >= 11 is 0. The van der Waals surface area contributed by atoms with Crippen LogP contribution in [-0.4, -0.2) is 22.1 Å². The minimum atomic E-state index is -1.22. The van der Waals surface area contributed by atoms with Crippen LogP contribution >= 0.6 is 0 Å². The number of hydrogen-bond acceptors (Lipinski definition) is 3. The first kappa shape index (κ1) is 26.0. The van der Waals surface area contributed by atoms with Crippen molar-refractivity contribution in [2.45, 2.75) is 104 Å². The number of hydrogen-bond donors (Lipinski definition) is 3. The van der Waals surface area contributed by atoms with Crippen LogP contribution in [0.3, 0.4) is 0 Å². The van der Waals surface area contributed by atoms with Crippen molar-refractivity contribution in [3.8, 4) is 5.75 Å². The summed E-state index contributed by atoms with van der Waals surface area (Å²) in [6.45, 7) is 4.59. The Kier molecular flexibility index (Phi) is 13.7. The van der Waals surface area contributed by atoms with Gasteiger partial charge in [-0.1, -0.05) is 90.9 Å². The predicted molar refractivity (Wildman–Crippen MR) is 123 cm³/mol. The number of amides is 1. The molecule has 0 saturated heterocycles. The second-order valence-electron chi connectivity index (χ2n) is 8.76. The van der Waals surface area contributed by atoms with E-state index in [1.165, 1.54) is 82.4 Å². The molecule has 0 aliphatic carbocycles. The van der Waals surface area contributed by atoms with Crippen LogP contribution in [0.1, 0.15) is 114 Å². The molecule has 0 aliphatic heterocycles. The zero-order valence-electron chi connectivity index (χ0n) is 18.9. The Labute approximate surface area is 182 Å². The van der Waals surface area contributed by atoms with E-state index < -0.39 is 5.97 Å². The summed E-state index contributed by atoms with van der Waals surface area (Å²) < 4.78 is 0. The van der Waals surface area contributed by atoms with Gasteiger partial charge in [0, 0.05) is 12.1 Å². The largest absolute Gasteiger partial charge is 0.507 e. The number of carbonyl (C=O) groups excluding carboxylic acids is 1. The first-order chi connectivity index (χ1) is 14.4. The SMILES string of the molecule is CC(C)CCCCCCCCCCCCCCC(=O)Nc1ccc(O)c(C(=O)O)c1. The zero-order valence-corrected chi connectivity index (χ0v) is 18.9. The molecule has 0 atom stereocenters. The van der Waals surface area contributed by atoms with Crippen LogP contribution in [0.5, 0.6) is 5.75 Å². The van der Waals surface area contributed by atoms with Crippen molar-refractivity contribution in [2.24, 2.45) is 5.92 Å². The van der Waals surface area contributed by atoms with Crippen molar-refractivity contribution in [1.29, 1.82) is 0 Å². The normalized spacial score (nSPS) is 11.0. The molecule has 0 aromatic heterocycles. The topological polar surface area (TPSA) is 86.6 Å². The van der Waals surface area contributed by atoms with Gasteiger partial charge in [-0.3, -0.25) is 4.79 Å². The molecular weight excluding hydrogens is 378 g/mol. The maximum absolute atomic E-state index is 12.0. The van der Waals surface area contributed by atoms with Crippen molar-refractivity contribution in [2.75, 3.05) is 5.32 Å². The fourth-order valence-corrected chi connectivity index (χ4v) is 3.61. The van der Waals surface area contributed by atoms with Crippen LogP contribution in [0.2, 0.25) is 0 Å². The molecule has 0 spiro atoms. The number of aromatic carboxylic acids is 1. The van der Waals surface area contributed by atoms with Gasteiger partial charge < -0.3 is 15.5 Å². The Morgan fingerprint density at radius 2 is 1.33 bits per heavy atom. The van der Waals surface area contributed by atoms with Gasteiger partial charge in [-0.25, -0.2) is 4.79 Å². The van der Waals surface area contributed by atoms with Gasteiger partial charge in [-0.05, 0) is 30.5 Å². The third-order valence-corrected chi connectivity index (χ3v) is 5.45. The maximum atomic E-state index is 12.0. The van der Waals surface area contributed by atoms with Gasteiger partial charge in [0.15, 0.2) is 0 Å². The third-order valence-electron chi connectivity index (χ3n) is 5.45. The average molecular weight is 420 g/mol. The summed E-state index contributed by atoms with van der Waals surface area (Å²) in [5, 5.41) is 21.2. The minimum absolute atomic E-state index is 0.120. The Bertz CT molecular complexity index is 628. The maximum Gasteiger partial charge on any atom is 0.339 e. The number of rotatable bonds is 17. The number of aromatic hydroxyl groups is 1. The van der Waals surface area contributed by atoms with E-state index in [0.29, 0.717) is 12.1 Å². The molecule has 1 aromatic rings. The molecule has 1 aromatic carbocycles. The predicted octanol–water partition coefficient (Wildman–Crippen LogP) is 7.15. The standard InChI is InChI=1S/C25H41NO4/c1-20(2)15-13-11-9-7-5-3-4-6-8-10-12-14-16-24(28)26-21-17-18-23(27)22(19-21)25(29)30/h17-20,27H,3-16H2,1-2H3,(H,26,28)(H,29,30). The molecule has 30 heavy (non-hydrogen) atoms. The number of phenols is 1. The van der Waals surface area contributed by atoms with Crippen LogP contribution in [0.4, 0.5) is 5.69 Å². The number of carboxylic acid groups (broad SMARTS) is 1. The van der Waals surface area contributed by atoms with E-state index in [-0.39, 0.29) is 17.2 Å². The quantitative estimate of drug-likeness (QED) is 0.185. The average Bonchev–Trinajstić information content (AvgIpc) is 2.69. The summed E-state index contributed by atoms with van der Waals surface area (Å²) in [5.74, 6) is -0.802. The molecule has 0 bridgehead atoms. The highest BCUT2D eigenvalue weighted by atomic mass is 16.4. The second-order valence-corrected chi connectivity index (χ2v) is 8.76. The fourth-order valence-electron chi connectivity index (χ4n) is 3.61. The smallest absolute Gasteiger partial charge is 0.339 e. The molecule has 1 amide bonds. The van der Waals surface area contributed by atoms with Crippen LogP contribution in [0, 0.1) is 5.92 Å². The van der Waals surface area contributed by atoms with Crippen molar-refractivity contribution < 1.29 is 19.8 Å². The number of carbonyl (C=O) groups is 2. The lowest BCUT2D eigenvalue weighted by Gasteiger charge is -2.07. The summed E-state index contributed by atoms with van der Waals surface area (Å²) in [6, 6.07) is 4.07. The highest BCUT2D eigenvalue weighted by Crippen LogP contribution is 2.22. The minimum Gasteiger partial charge on any atom is -0.507 e. The Hall–Kier alpha value is -2.04. The second kappa shape index (κ2) is 15.8. The van der Waals surface area contributed by atoms with Crippen LogP contribution in [0.25, 0.3) is 0 Å². The number of anilines is 1. The Morgan fingerprint density at radius 1 is 0.833 bits per heavy atom. The number of carboxylic acids is 1. The van der Waals surface area contributed by atoms with Gasteiger partial charge in [0.05, 0.1) is 0 Å². The van der Waals surface area contributed by atoms with Gasteiger partial charge in [-0.15, -0.1) is 0 Å². The van der Waals surface area contributed by atoms with Gasteiger partial charge in [0.2, 0.25) is 5.91 Å². The number of nitrogens with one attached hydrogen (secondary N) is 1. The molecule has 0 radical (unpaired) electrons. The monoisotopic (exact) mass is 419 g/mol. The first-order valence-electron chi connectivity index (χ1n) is 11.8. The Morgan fingerprint density at radius 3 is 1.83 bits per heavy atom. The van der Waals surface area contributed by atoms with E-state index in [4.69, 9.17) is 5.11 Å². The first-order valence-corrected chi connectivity index (χ1v) is 11.8. The van der Waals surface area contributed by atoms with E-state index in [9.17, 15) is 14.7 Å². The van der Waals surface area contributed by atoms with Crippen molar-refractivity contribution in [3.05, 3.63) is 23.8 Å². The van der Waals surface area contributed by atoms with E-state index in [0.717, 1.165) is 25.2 Å². The van der Waals surface area contributed by atoms with Crippen molar-refractivity contribution in [1.82, 2.24) is 0 Å². The van der Waals surface area contributed by atoms with Gasteiger partial charge in [0.25, 0.3) is 0 Å².